The van der Waals surface area contributed by atoms with Crippen LogP contribution in [-0.2, 0) is 4.79 Å². The van der Waals surface area contributed by atoms with Gasteiger partial charge in [-0.05, 0) is 46.3 Å². The first kappa shape index (κ1) is 23.3. The Hall–Kier alpha value is -1.35. The number of rotatable bonds is 7. The van der Waals surface area contributed by atoms with Crippen LogP contribution in [0.25, 0.3) is 0 Å². The minimum absolute atomic E-state index is 0.170. The molecule has 0 saturated heterocycles. The monoisotopic (exact) mass is 566 g/mol. The zero-order valence-corrected chi connectivity index (χ0v) is 20.2. The molecule has 11 heteroatoms. The third-order valence-corrected chi connectivity index (χ3v) is 6.50. The second-order valence-electron chi connectivity index (χ2n) is 5.62. The Morgan fingerprint density at radius 3 is 2.60 bits per heavy atom. The SMILES string of the molecule is O=C(COc1cc(Cl)cc(Cl)c1Cl)N/N=C\c1cc(Br)c(Sc2ccc(Cl)cc2)o1. The summed E-state index contributed by atoms with van der Waals surface area (Å²) in [6, 6.07) is 12.0. The molecular weight excluding hydrogens is 558 g/mol. The van der Waals surface area contributed by atoms with Gasteiger partial charge in [-0.1, -0.05) is 58.2 Å². The first-order valence-electron chi connectivity index (χ1n) is 8.14. The number of carbonyl (C=O) groups excluding carboxylic acids is 1. The average Bonchev–Trinajstić information content (AvgIpc) is 3.04. The first-order chi connectivity index (χ1) is 14.3. The molecule has 3 rings (SSSR count). The summed E-state index contributed by atoms with van der Waals surface area (Å²) in [6.07, 6.45) is 1.37. The fourth-order valence-electron chi connectivity index (χ4n) is 2.09. The molecule has 0 aliphatic rings. The van der Waals surface area contributed by atoms with Crippen molar-refractivity contribution in [1.29, 1.82) is 0 Å². The van der Waals surface area contributed by atoms with Gasteiger partial charge in [0.25, 0.3) is 5.91 Å². The number of benzene rings is 2. The molecule has 1 aromatic heterocycles. The number of hydrazone groups is 1. The number of nitrogens with zero attached hydrogens (tertiary/aromatic N) is 1. The Balaban J connectivity index is 1.54. The average molecular weight is 569 g/mol. The molecule has 1 N–H and O–H groups in total. The van der Waals surface area contributed by atoms with Crippen LogP contribution in [0, 0.1) is 0 Å². The van der Waals surface area contributed by atoms with Gasteiger partial charge in [-0.15, -0.1) is 0 Å². The summed E-state index contributed by atoms with van der Waals surface area (Å²) < 4.78 is 11.8. The highest BCUT2D eigenvalue weighted by molar-refractivity contribution is 9.10. The number of halogens is 5. The Labute approximate surface area is 204 Å². The van der Waals surface area contributed by atoms with Gasteiger partial charge in [-0.25, -0.2) is 5.43 Å². The van der Waals surface area contributed by atoms with Gasteiger partial charge in [0, 0.05) is 27.1 Å². The summed E-state index contributed by atoms with van der Waals surface area (Å²) in [4.78, 5) is 12.9. The van der Waals surface area contributed by atoms with Crippen molar-refractivity contribution in [3.63, 3.8) is 0 Å². The van der Waals surface area contributed by atoms with E-state index in [-0.39, 0.29) is 22.4 Å². The summed E-state index contributed by atoms with van der Waals surface area (Å²) in [5.41, 5.74) is 2.33. The van der Waals surface area contributed by atoms with Crippen LogP contribution in [0.1, 0.15) is 5.76 Å². The van der Waals surface area contributed by atoms with Crippen molar-refractivity contribution in [2.24, 2.45) is 5.10 Å². The Bertz CT molecular complexity index is 1090. The van der Waals surface area contributed by atoms with Crippen molar-refractivity contribution in [2.75, 3.05) is 6.61 Å². The second kappa shape index (κ2) is 10.8. The molecule has 0 bridgehead atoms. The maximum atomic E-state index is 11.9. The first-order valence-corrected chi connectivity index (χ1v) is 11.3. The predicted molar refractivity (Wildman–Crippen MR) is 125 cm³/mol. The van der Waals surface area contributed by atoms with Crippen molar-refractivity contribution in [3.8, 4) is 5.75 Å². The molecule has 2 aromatic carbocycles. The van der Waals surface area contributed by atoms with E-state index in [1.54, 1.807) is 18.2 Å². The zero-order chi connectivity index (χ0) is 21.7. The lowest BCUT2D eigenvalue weighted by molar-refractivity contribution is -0.123. The number of hydrogen-bond donors (Lipinski definition) is 1. The van der Waals surface area contributed by atoms with Crippen LogP contribution in [0.5, 0.6) is 5.75 Å². The lowest BCUT2D eigenvalue weighted by Gasteiger charge is -2.08. The fraction of sp³-hybridized carbons (Fsp3) is 0.0526. The molecule has 0 spiro atoms. The van der Waals surface area contributed by atoms with Gasteiger partial charge >= 0.3 is 0 Å². The largest absolute Gasteiger partial charge is 0.482 e. The molecule has 0 saturated carbocycles. The van der Waals surface area contributed by atoms with Crippen LogP contribution in [0.15, 0.2) is 66.4 Å². The number of nitrogens with one attached hydrogen (secondary N) is 1. The molecule has 5 nitrogen and oxygen atoms in total. The van der Waals surface area contributed by atoms with E-state index in [9.17, 15) is 4.79 Å². The highest BCUT2D eigenvalue weighted by atomic mass is 79.9. The number of furan rings is 1. The predicted octanol–water partition coefficient (Wildman–Crippen LogP) is 7.34. The van der Waals surface area contributed by atoms with Gasteiger partial charge in [-0.2, -0.15) is 5.10 Å². The summed E-state index contributed by atoms with van der Waals surface area (Å²) in [7, 11) is 0. The van der Waals surface area contributed by atoms with E-state index >= 15 is 0 Å². The quantitative estimate of drug-likeness (QED) is 0.184. The number of ether oxygens (including phenoxy) is 1. The maximum absolute atomic E-state index is 11.9. The Kier molecular flexibility index (Phi) is 8.39. The highest BCUT2D eigenvalue weighted by Gasteiger charge is 2.11. The number of hydrogen-bond acceptors (Lipinski definition) is 5. The van der Waals surface area contributed by atoms with Crippen molar-refractivity contribution in [3.05, 3.63) is 72.8 Å². The third-order valence-electron chi connectivity index (χ3n) is 3.40. The highest BCUT2D eigenvalue weighted by Crippen LogP contribution is 2.36. The lowest BCUT2D eigenvalue weighted by atomic mass is 10.3. The van der Waals surface area contributed by atoms with Gasteiger partial charge in [0.1, 0.15) is 16.5 Å². The van der Waals surface area contributed by atoms with E-state index in [0.29, 0.717) is 20.9 Å². The molecule has 1 amide bonds. The molecule has 0 aliphatic heterocycles. The molecule has 0 fully saturated rings. The van der Waals surface area contributed by atoms with E-state index in [4.69, 9.17) is 55.6 Å². The topological polar surface area (TPSA) is 63.8 Å². The van der Waals surface area contributed by atoms with Gasteiger partial charge in [0.15, 0.2) is 11.7 Å². The molecule has 1 heterocycles. The maximum Gasteiger partial charge on any atom is 0.277 e. The lowest BCUT2D eigenvalue weighted by Crippen LogP contribution is -2.24. The van der Waals surface area contributed by atoms with Crippen molar-refractivity contribution >= 4 is 86.2 Å². The van der Waals surface area contributed by atoms with Gasteiger partial charge in [0.2, 0.25) is 0 Å². The Morgan fingerprint density at radius 1 is 1.13 bits per heavy atom. The summed E-state index contributed by atoms with van der Waals surface area (Å²) >= 11 is 28.6. The fourth-order valence-corrected chi connectivity index (χ4v) is 4.19. The molecule has 30 heavy (non-hydrogen) atoms. The molecule has 0 atom stereocenters. The molecular formula is C19H11BrCl4N2O3S. The zero-order valence-electron chi connectivity index (χ0n) is 14.8. The van der Waals surface area contributed by atoms with E-state index in [2.05, 4.69) is 26.5 Å². The van der Waals surface area contributed by atoms with Crippen molar-refractivity contribution in [1.82, 2.24) is 5.43 Å². The second-order valence-corrected chi connectivity index (χ2v) is 9.18. The van der Waals surface area contributed by atoms with E-state index in [1.165, 1.54) is 30.1 Å². The van der Waals surface area contributed by atoms with Gasteiger partial charge < -0.3 is 9.15 Å². The van der Waals surface area contributed by atoms with Crippen LogP contribution < -0.4 is 10.2 Å². The summed E-state index contributed by atoms with van der Waals surface area (Å²) in [5.74, 6) is 0.149. The van der Waals surface area contributed by atoms with Gasteiger partial charge in [0.05, 0.1) is 15.7 Å². The van der Waals surface area contributed by atoms with E-state index < -0.39 is 5.91 Å². The number of amides is 1. The smallest absolute Gasteiger partial charge is 0.277 e. The normalized spacial score (nSPS) is 11.1. The minimum Gasteiger partial charge on any atom is -0.482 e. The molecule has 0 radical (unpaired) electrons. The van der Waals surface area contributed by atoms with Crippen LogP contribution in [0.2, 0.25) is 20.1 Å². The Morgan fingerprint density at radius 2 is 1.87 bits per heavy atom. The molecule has 156 valence electrons. The van der Waals surface area contributed by atoms with E-state index in [1.807, 2.05) is 12.1 Å². The van der Waals surface area contributed by atoms with Crippen LogP contribution in [-0.4, -0.2) is 18.7 Å². The van der Waals surface area contributed by atoms with Crippen LogP contribution >= 0.6 is 74.1 Å². The molecule has 3 aromatic rings. The van der Waals surface area contributed by atoms with Crippen LogP contribution in [0.3, 0.4) is 0 Å². The van der Waals surface area contributed by atoms with Gasteiger partial charge in [-0.3, -0.25) is 4.79 Å². The summed E-state index contributed by atoms with van der Waals surface area (Å²) in [6.45, 7) is -0.326. The van der Waals surface area contributed by atoms with Crippen molar-refractivity contribution in [2.45, 2.75) is 9.99 Å². The van der Waals surface area contributed by atoms with E-state index in [0.717, 1.165) is 9.37 Å². The standard InChI is InChI=1S/C19H11BrCl4N2O3S/c20-14-7-12(29-19(14)30-13-3-1-10(21)2-4-13)8-25-26-17(27)9-28-16-6-11(22)5-15(23)18(16)24/h1-8H,9H2,(H,26,27)/b25-8-. The van der Waals surface area contributed by atoms with Crippen molar-refractivity contribution < 1.29 is 13.9 Å². The minimum atomic E-state index is -0.500. The van der Waals surface area contributed by atoms with Crippen LogP contribution in [0.4, 0.5) is 0 Å². The molecule has 0 aliphatic carbocycles. The summed E-state index contributed by atoms with van der Waals surface area (Å²) in [5, 5.41) is 5.89. The number of carbonyl (C=O) groups is 1. The third kappa shape index (κ3) is 6.57. The molecule has 0 unspecified atom stereocenters.